The number of esters is 1. The first-order valence-corrected chi connectivity index (χ1v) is 5.80. The highest BCUT2D eigenvalue weighted by molar-refractivity contribution is 5.94. The molecular formula is C13H18N2O3. The summed E-state index contributed by atoms with van der Waals surface area (Å²) >= 11 is 0. The van der Waals surface area contributed by atoms with Crippen LogP contribution in [0.3, 0.4) is 0 Å². The molecule has 5 nitrogen and oxygen atoms in total. The average Bonchev–Trinajstić information content (AvgIpc) is 2.32. The van der Waals surface area contributed by atoms with Crippen molar-refractivity contribution in [1.29, 1.82) is 0 Å². The maximum absolute atomic E-state index is 11.9. The van der Waals surface area contributed by atoms with Crippen LogP contribution in [0.5, 0.6) is 0 Å². The van der Waals surface area contributed by atoms with Crippen LogP contribution in [-0.4, -0.2) is 24.5 Å². The van der Waals surface area contributed by atoms with Gasteiger partial charge < -0.3 is 15.8 Å². The summed E-state index contributed by atoms with van der Waals surface area (Å²) in [4.78, 5) is 23.3. The van der Waals surface area contributed by atoms with E-state index in [4.69, 9.17) is 10.5 Å². The molecule has 0 fully saturated rings. The molecule has 0 saturated carbocycles. The van der Waals surface area contributed by atoms with E-state index >= 15 is 0 Å². The highest BCUT2D eigenvalue weighted by Gasteiger charge is 2.19. The lowest BCUT2D eigenvalue weighted by Gasteiger charge is -2.13. The zero-order valence-electron chi connectivity index (χ0n) is 10.8. The lowest BCUT2D eigenvalue weighted by atomic mass is 10.1. The van der Waals surface area contributed by atoms with Gasteiger partial charge in [-0.2, -0.15) is 0 Å². The van der Waals surface area contributed by atoms with Crippen LogP contribution >= 0.6 is 0 Å². The minimum atomic E-state index is -0.821. The zero-order valence-corrected chi connectivity index (χ0v) is 10.8. The number of hydrogen-bond donors (Lipinski definition) is 2. The van der Waals surface area contributed by atoms with Gasteiger partial charge in [0.05, 0.1) is 5.56 Å². The van der Waals surface area contributed by atoms with Crippen molar-refractivity contribution >= 4 is 17.6 Å². The van der Waals surface area contributed by atoms with Crippen LogP contribution in [0.4, 0.5) is 5.69 Å². The Morgan fingerprint density at radius 1 is 1.44 bits per heavy atom. The van der Waals surface area contributed by atoms with Crippen molar-refractivity contribution in [3.63, 3.8) is 0 Å². The third-order valence-corrected chi connectivity index (χ3v) is 2.49. The van der Waals surface area contributed by atoms with Gasteiger partial charge in [-0.05, 0) is 38.5 Å². The fourth-order valence-electron chi connectivity index (χ4n) is 1.46. The molecule has 1 aromatic carbocycles. The van der Waals surface area contributed by atoms with Crippen molar-refractivity contribution in [2.75, 3.05) is 12.3 Å². The third-order valence-electron chi connectivity index (χ3n) is 2.49. The summed E-state index contributed by atoms with van der Waals surface area (Å²) in [6.07, 6.45) is -0.821. The van der Waals surface area contributed by atoms with Gasteiger partial charge in [0.2, 0.25) is 0 Å². The molecule has 0 aromatic heterocycles. The molecule has 0 spiro atoms. The van der Waals surface area contributed by atoms with E-state index in [2.05, 4.69) is 5.32 Å². The molecule has 0 saturated heterocycles. The van der Waals surface area contributed by atoms with Crippen LogP contribution in [0.25, 0.3) is 0 Å². The molecule has 3 N–H and O–H groups in total. The van der Waals surface area contributed by atoms with Crippen LogP contribution in [-0.2, 0) is 9.53 Å². The smallest absolute Gasteiger partial charge is 0.339 e. The normalized spacial score (nSPS) is 11.7. The van der Waals surface area contributed by atoms with Crippen molar-refractivity contribution in [2.24, 2.45) is 0 Å². The fraction of sp³-hybridized carbons (Fsp3) is 0.385. The van der Waals surface area contributed by atoms with Crippen molar-refractivity contribution in [3.05, 3.63) is 29.3 Å². The molecule has 0 bridgehead atoms. The number of anilines is 1. The Kier molecular flexibility index (Phi) is 4.71. The first-order chi connectivity index (χ1) is 8.45. The Balaban J connectivity index is 2.76. The maximum Gasteiger partial charge on any atom is 0.339 e. The monoisotopic (exact) mass is 250 g/mol. The lowest BCUT2D eigenvalue weighted by molar-refractivity contribution is -0.128. The Hall–Kier alpha value is -2.04. The van der Waals surface area contributed by atoms with E-state index in [0.29, 0.717) is 17.8 Å². The summed E-state index contributed by atoms with van der Waals surface area (Å²) in [5, 5.41) is 2.59. The first kappa shape index (κ1) is 14.0. The summed E-state index contributed by atoms with van der Waals surface area (Å²) in [5.74, 6) is -0.856. The fourth-order valence-corrected chi connectivity index (χ4v) is 1.46. The minimum Gasteiger partial charge on any atom is -0.449 e. The van der Waals surface area contributed by atoms with E-state index in [9.17, 15) is 9.59 Å². The van der Waals surface area contributed by atoms with Crippen molar-refractivity contribution in [2.45, 2.75) is 26.9 Å². The van der Waals surface area contributed by atoms with Crippen LogP contribution in [0.15, 0.2) is 18.2 Å². The lowest BCUT2D eigenvalue weighted by Crippen LogP contribution is -2.35. The van der Waals surface area contributed by atoms with Gasteiger partial charge in [0.1, 0.15) is 0 Å². The molecule has 0 aliphatic rings. The number of amides is 1. The van der Waals surface area contributed by atoms with Crippen LogP contribution in [0.2, 0.25) is 0 Å². The molecule has 0 aliphatic carbocycles. The number of likely N-dealkylation sites (N-methyl/N-ethyl adjacent to an activating group) is 1. The van der Waals surface area contributed by atoms with Gasteiger partial charge in [-0.25, -0.2) is 4.79 Å². The van der Waals surface area contributed by atoms with E-state index in [-0.39, 0.29) is 5.91 Å². The highest BCUT2D eigenvalue weighted by atomic mass is 16.5. The van der Waals surface area contributed by atoms with Crippen molar-refractivity contribution < 1.29 is 14.3 Å². The topological polar surface area (TPSA) is 81.4 Å². The second kappa shape index (κ2) is 6.05. The molecule has 1 unspecified atom stereocenters. The molecule has 1 atom stereocenters. The quantitative estimate of drug-likeness (QED) is 0.622. The number of nitrogens with one attached hydrogen (secondary N) is 1. The van der Waals surface area contributed by atoms with E-state index in [1.807, 2.05) is 0 Å². The molecule has 5 heteroatoms. The van der Waals surface area contributed by atoms with E-state index in [1.165, 1.54) is 6.92 Å². The third kappa shape index (κ3) is 3.48. The Morgan fingerprint density at radius 3 is 2.72 bits per heavy atom. The number of rotatable bonds is 4. The summed E-state index contributed by atoms with van der Waals surface area (Å²) in [6, 6.07) is 4.99. The number of ether oxygens (including phenoxy) is 1. The largest absolute Gasteiger partial charge is 0.449 e. The Bertz CT molecular complexity index is 458. The molecule has 0 heterocycles. The van der Waals surface area contributed by atoms with Crippen LogP contribution in [0, 0.1) is 6.92 Å². The predicted molar refractivity (Wildman–Crippen MR) is 69.2 cm³/mol. The van der Waals surface area contributed by atoms with E-state index < -0.39 is 12.1 Å². The summed E-state index contributed by atoms with van der Waals surface area (Å²) in [5.41, 5.74) is 7.24. The molecule has 1 aromatic rings. The number of aryl methyl sites for hydroxylation is 1. The standard InChI is InChI=1S/C13H18N2O3/c1-4-15-12(16)9(3)18-13(17)11-7-10(14)6-5-8(11)2/h5-7,9H,4,14H2,1-3H3,(H,15,16). The maximum atomic E-state index is 11.9. The number of carbonyl (C=O) groups is 2. The number of hydrogen-bond acceptors (Lipinski definition) is 4. The van der Waals surface area contributed by atoms with E-state index in [1.54, 1.807) is 32.0 Å². The van der Waals surface area contributed by atoms with Crippen LogP contribution < -0.4 is 11.1 Å². The Labute approximate surface area is 106 Å². The van der Waals surface area contributed by atoms with Crippen LogP contribution in [0.1, 0.15) is 29.8 Å². The highest BCUT2D eigenvalue weighted by Crippen LogP contribution is 2.14. The molecule has 98 valence electrons. The molecule has 1 amide bonds. The second-order valence-corrected chi connectivity index (χ2v) is 4.02. The number of nitrogen functional groups attached to an aromatic ring is 1. The average molecular weight is 250 g/mol. The zero-order chi connectivity index (χ0) is 13.7. The van der Waals surface area contributed by atoms with Crippen molar-refractivity contribution in [1.82, 2.24) is 5.32 Å². The van der Waals surface area contributed by atoms with Gasteiger partial charge in [0.25, 0.3) is 5.91 Å². The van der Waals surface area contributed by atoms with Crippen molar-refractivity contribution in [3.8, 4) is 0 Å². The summed E-state index contributed by atoms with van der Waals surface area (Å²) in [7, 11) is 0. The summed E-state index contributed by atoms with van der Waals surface area (Å²) < 4.78 is 5.08. The molecule has 0 aliphatic heterocycles. The van der Waals surface area contributed by atoms with E-state index in [0.717, 1.165) is 5.56 Å². The molecule has 18 heavy (non-hydrogen) atoms. The van der Waals surface area contributed by atoms with Gasteiger partial charge in [-0.3, -0.25) is 4.79 Å². The molecule has 0 radical (unpaired) electrons. The van der Waals surface area contributed by atoms with Gasteiger partial charge in [-0.15, -0.1) is 0 Å². The number of benzene rings is 1. The Morgan fingerprint density at radius 2 is 2.11 bits per heavy atom. The van der Waals surface area contributed by atoms with Gasteiger partial charge in [0.15, 0.2) is 6.10 Å². The second-order valence-electron chi connectivity index (χ2n) is 4.02. The van der Waals surface area contributed by atoms with Gasteiger partial charge in [-0.1, -0.05) is 6.07 Å². The minimum absolute atomic E-state index is 0.313. The number of carbonyl (C=O) groups excluding carboxylic acids is 2. The molecule has 1 rings (SSSR count). The van der Waals surface area contributed by atoms with Gasteiger partial charge >= 0.3 is 5.97 Å². The van der Waals surface area contributed by atoms with Gasteiger partial charge in [0, 0.05) is 12.2 Å². The molecular weight excluding hydrogens is 232 g/mol. The predicted octanol–water partition coefficient (Wildman–Crippen LogP) is 1.26. The first-order valence-electron chi connectivity index (χ1n) is 5.80. The number of nitrogens with two attached hydrogens (primary N) is 1. The SMILES string of the molecule is CCNC(=O)C(C)OC(=O)c1cc(N)ccc1C. The summed E-state index contributed by atoms with van der Waals surface area (Å²) in [6.45, 7) is 5.61.